The van der Waals surface area contributed by atoms with Crippen LogP contribution in [0.25, 0.3) is 0 Å². The molecule has 0 saturated carbocycles. The van der Waals surface area contributed by atoms with Gasteiger partial charge in [0.05, 0.1) is 12.1 Å². The van der Waals surface area contributed by atoms with Crippen molar-refractivity contribution in [3.8, 4) is 0 Å². The molecule has 0 radical (unpaired) electrons. The molecule has 0 aromatic rings. The van der Waals surface area contributed by atoms with Gasteiger partial charge in [0.15, 0.2) is 0 Å². The zero-order chi connectivity index (χ0) is 7.56. The standard InChI is InChI=1S/C7H13NO2/c1-2-7(10)6-3-5(9)4-8-6/h5-6,8-9H,2-4H2,1H3/t5-,6+/m0/s1. The SMILES string of the molecule is CCC(=O)[C@H]1C[C@H](O)CN1. The van der Waals surface area contributed by atoms with Crippen LogP contribution in [0.3, 0.4) is 0 Å². The fourth-order valence-electron chi connectivity index (χ4n) is 1.21. The van der Waals surface area contributed by atoms with E-state index in [1.54, 1.807) is 0 Å². The molecule has 0 aromatic heterocycles. The molecule has 0 unspecified atom stereocenters. The van der Waals surface area contributed by atoms with E-state index in [1.165, 1.54) is 0 Å². The van der Waals surface area contributed by atoms with Crippen molar-refractivity contribution in [2.75, 3.05) is 6.54 Å². The van der Waals surface area contributed by atoms with Gasteiger partial charge in [-0.25, -0.2) is 0 Å². The maximum absolute atomic E-state index is 11.0. The second-order valence-electron chi connectivity index (χ2n) is 2.67. The number of hydrogen-bond donors (Lipinski definition) is 2. The summed E-state index contributed by atoms with van der Waals surface area (Å²) in [4.78, 5) is 11.0. The number of aliphatic hydroxyl groups excluding tert-OH is 1. The maximum Gasteiger partial charge on any atom is 0.149 e. The Balaban J connectivity index is 2.37. The fourth-order valence-corrected chi connectivity index (χ4v) is 1.21. The summed E-state index contributed by atoms with van der Waals surface area (Å²) in [7, 11) is 0. The molecule has 3 heteroatoms. The minimum absolute atomic E-state index is 0.0833. The van der Waals surface area contributed by atoms with Crippen LogP contribution in [0.15, 0.2) is 0 Å². The van der Waals surface area contributed by atoms with Crippen molar-refractivity contribution in [1.29, 1.82) is 0 Å². The summed E-state index contributed by atoms with van der Waals surface area (Å²) in [5.74, 6) is 0.205. The minimum Gasteiger partial charge on any atom is -0.392 e. The quantitative estimate of drug-likeness (QED) is 0.557. The number of nitrogens with one attached hydrogen (secondary N) is 1. The number of carbonyl (C=O) groups is 1. The van der Waals surface area contributed by atoms with Crippen molar-refractivity contribution in [2.45, 2.75) is 31.9 Å². The first-order chi connectivity index (χ1) is 4.74. The zero-order valence-electron chi connectivity index (χ0n) is 6.13. The van der Waals surface area contributed by atoms with Crippen LogP contribution in [0.2, 0.25) is 0 Å². The Morgan fingerprint density at radius 2 is 2.50 bits per heavy atom. The van der Waals surface area contributed by atoms with E-state index < -0.39 is 0 Å². The molecular formula is C7H13NO2. The number of Topliss-reactive ketones (excluding diaryl/α,β-unsaturated/α-hetero) is 1. The van der Waals surface area contributed by atoms with Gasteiger partial charge in [0.2, 0.25) is 0 Å². The third-order valence-electron chi connectivity index (χ3n) is 1.84. The van der Waals surface area contributed by atoms with E-state index in [1.807, 2.05) is 6.92 Å². The Hall–Kier alpha value is -0.410. The summed E-state index contributed by atoms with van der Waals surface area (Å²) in [5.41, 5.74) is 0. The predicted molar refractivity (Wildman–Crippen MR) is 37.7 cm³/mol. The largest absolute Gasteiger partial charge is 0.392 e. The van der Waals surface area contributed by atoms with Gasteiger partial charge in [0.25, 0.3) is 0 Å². The Kier molecular flexibility index (Phi) is 2.40. The average Bonchev–Trinajstić information content (AvgIpc) is 2.34. The Bertz CT molecular complexity index is 136. The molecule has 3 nitrogen and oxygen atoms in total. The molecule has 0 amide bonds. The van der Waals surface area contributed by atoms with Crippen molar-refractivity contribution in [3.05, 3.63) is 0 Å². The lowest BCUT2D eigenvalue weighted by Crippen LogP contribution is -2.29. The predicted octanol–water partition coefficient (Wildman–Crippen LogP) is -0.312. The van der Waals surface area contributed by atoms with Crippen molar-refractivity contribution in [1.82, 2.24) is 5.32 Å². The van der Waals surface area contributed by atoms with E-state index in [4.69, 9.17) is 5.11 Å². The molecule has 1 aliphatic heterocycles. The normalized spacial score (nSPS) is 32.6. The van der Waals surface area contributed by atoms with Crippen LogP contribution in [-0.2, 0) is 4.79 Å². The van der Waals surface area contributed by atoms with E-state index in [-0.39, 0.29) is 17.9 Å². The topological polar surface area (TPSA) is 49.3 Å². The highest BCUT2D eigenvalue weighted by Crippen LogP contribution is 2.07. The molecule has 0 aromatic carbocycles. The number of aliphatic hydroxyl groups is 1. The van der Waals surface area contributed by atoms with E-state index in [2.05, 4.69) is 5.32 Å². The number of rotatable bonds is 2. The van der Waals surface area contributed by atoms with Crippen LogP contribution in [0.1, 0.15) is 19.8 Å². The number of carbonyl (C=O) groups excluding carboxylic acids is 1. The van der Waals surface area contributed by atoms with E-state index in [9.17, 15) is 4.79 Å². The van der Waals surface area contributed by atoms with E-state index >= 15 is 0 Å². The molecule has 0 bridgehead atoms. The molecule has 1 heterocycles. The Morgan fingerprint density at radius 3 is 2.90 bits per heavy atom. The second kappa shape index (κ2) is 3.12. The molecular weight excluding hydrogens is 130 g/mol. The van der Waals surface area contributed by atoms with Crippen LogP contribution in [0, 0.1) is 0 Å². The van der Waals surface area contributed by atoms with Crippen LogP contribution in [-0.4, -0.2) is 29.6 Å². The molecule has 1 fully saturated rings. The second-order valence-corrected chi connectivity index (χ2v) is 2.67. The highest BCUT2D eigenvalue weighted by molar-refractivity contribution is 5.84. The molecule has 10 heavy (non-hydrogen) atoms. The minimum atomic E-state index is -0.319. The van der Waals surface area contributed by atoms with Gasteiger partial charge in [-0.3, -0.25) is 4.79 Å². The molecule has 1 saturated heterocycles. The summed E-state index contributed by atoms with van der Waals surface area (Å²) < 4.78 is 0. The van der Waals surface area contributed by atoms with Crippen molar-refractivity contribution in [2.24, 2.45) is 0 Å². The van der Waals surface area contributed by atoms with Gasteiger partial charge in [-0.05, 0) is 6.42 Å². The molecule has 0 aliphatic carbocycles. The highest BCUT2D eigenvalue weighted by atomic mass is 16.3. The molecule has 2 N–H and O–H groups in total. The monoisotopic (exact) mass is 143 g/mol. The maximum atomic E-state index is 11.0. The molecule has 0 spiro atoms. The Morgan fingerprint density at radius 1 is 1.80 bits per heavy atom. The summed E-state index contributed by atoms with van der Waals surface area (Å²) in [5, 5.41) is 12.0. The van der Waals surface area contributed by atoms with Crippen LogP contribution in [0.4, 0.5) is 0 Å². The number of hydrogen-bond acceptors (Lipinski definition) is 3. The van der Waals surface area contributed by atoms with Gasteiger partial charge in [-0.2, -0.15) is 0 Å². The highest BCUT2D eigenvalue weighted by Gasteiger charge is 2.26. The summed E-state index contributed by atoms with van der Waals surface area (Å²) in [6, 6.07) is -0.0833. The van der Waals surface area contributed by atoms with Crippen LogP contribution >= 0.6 is 0 Å². The lowest BCUT2D eigenvalue weighted by Gasteiger charge is -2.04. The fraction of sp³-hybridized carbons (Fsp3) is 0.857. The lowest BCUT2D eigenvalue weighted by atomic mass is 10.1. The number of ketones is 1. The first-order valence-electron chi connectivity index (χ1n) is 3.68. The molecule has 2 atom stereocenters. The van der Waals surface area contributed by atoms with Crippen molar-refractivity contribution in [3.63, 3.8) is 0 Å². The summed E-state index contributed by atoms with van der Waals surface area (Å²) in [6.07, 6.45) is 0.831. The van der Waals surface area contributed by atoms with Crippen LogP contribution < -0.4 is 5.32 Å². The summed E-state index contributed by atoms with van der Waals surface area (Å²) in [6.45, 7) is 2.41. The first-order valence-corrected chi connectivity index (χ1v) is 3.68. The van der Waals surface area contributed by atoms with E-state index in [0.717, 1.165) is 0 Å². The smallest absolute Gasteiger partial charge is 0.149 e. The Labute approximate surface area is 60.4 Å². The van der Waals surface area contributed by atoms with Gasteiger partial charge in [-0.1, -0.05) is 6.92 Å². The van der Waals surface area contributed by atoms with Gasteiger partial charge in [0.1, 0.15) is 5.78 Å². The van der Waals surface area contributed by atoms with Crippen molar-refractivity contribution >= 4 is 5.78 Å². The molecule has 1 aliphatic rings. The van der Waals surface area contributed by atoms with Gasteiger partial charge in [0, 0.05) is 13.0 Å². The lowest BCUT2D eigenvalue weighted by molar-refractivity contribution is -0.120. The summed E-state index contributed by atoms with van der Waals surface area (Å²) >= 11 is 0. The van der Waals surface area contributed by atoms with E-state index in [0.29, 0.717) is 19.4 Å². The first kappa shape index (κ1) is 7.69. The van der Waals surface area contributed by atoms with Crippen LogP contribution in [0.5, 0.6) is 0 Å². The zero-order valence-corrected chi connectivity index (χ0v) is 6.13. The average molecular weight is 143 g/mol. The molecule has 58 valence electrons. The van der Waals surface area contributed by atoms with Gasteiger partial charge in [-0.15, -0.1) is 0 Å². The number of β-amino-alcohol motifs (C(OH)–C–C–N with tert-alkyl or cyclic N) is 1. The third kappa shape index (κ3) is 1.55. The van der Waals surface area contributed by atoms with Gasteiger partial charge < -0.3 is 10.4 Å². The molecule has 1 rings (SSSR count). The third-order valence-corrected chi connectivity index (χ3v) is 1.84. The van der Waals surface area contributed by atoms with Crippen molar-refractivity contribution < 1.29 is 9.90 Å². The van der Waals surface area contributed by atoms with Gasteiger partial charge >= 0.3 is 0 Å².